The largest absolute Gasteiger partial charge is 0.353 e. The Morgan fingerprint density at radius 2 is 1.94 bits per heavy atom. The van der Waals surface area contributed by atoms with Gasteiger partial charge in [0, 0.05) is 6.04 Å². The summed E-state index contributed by atoms with van der Waals surface area (Å²) >= 11 is 0. The van der Waals surface area contributed by atoms with Crippen molar-refractivity contribution in [1.82, 2.24) is 10.7 Å². The summed E-state index contributed by atoms with van der Waals surface area (Å²) in [6, 6.07) is 1.04. The van der Waals surface area contributed by atoms with Crippen molar-refractivity contribution in [3.8, 4) is 0 Å². The van der Waals surface area contributed by atoms with Gasteiger partial charge in [-0.25, -0.2) is 10.8 Å². The second-order valence-corrected chi connectivity index (χ2v) is 5.32. The van der Waals surface area contributed by atoms with E-state index in [1.54, 1.807) is 0 Å². The van der Waals surface area contributed by atoms with Crippen LogP contribution in [-0.2, 0) is 0 Å². The first-order chi connectivity index (χ1) is 7.78. The lowest BCUT2D eigenvalue weighted by atomic mass is 10.1. The van der Waals surface area contributed by atoms with Crippen LogP contribution in [0, 0.1) is 5.92 Å². The molecule has 0 aromatic rings. The van der Waals surface area contributed by atoms with Gasteiger partial charge in [-0.05, 0) is 38.0 Å². The topological polar surface area (TPSA) is 62.4 Å². The fourth-order valence-corrected chi connectivity index (χ4v) is 2.86. The predicted molar refractivity (Wildman–Crippen MR) is 67.0 cm³/mol. The second kappa shape index (κ2) is 5.53. The molecule has 0 aliphatic heterocycles. The van der Waals surface area contributed by atoms with Crippen LogP contribution >= 0.6 is 0 Å². The molecule has 92 valence electrons. The molecular formula is C12H24N4. The normalized spacial score (nSPS) is 32.0. The molecule has 2 unspecified atom stereocenters. The molecule has 0 amide bonds. The number of nitrogens with one attached hydrogen (secondary N) is 2. The molecule has 0 bridgehead atoms. The second-order valence-electron chi connectivity index (χ2n) is 5.32. The lowest BCUT2D eigenvalue weighted by Gasteiger charge is -2.16. The summed E-state index contributed by atoms with van der Waals surface area (Å²) in [6.45, 7) is 2.31. The van der Waals surface area contributed by atoms with E-state index in [0.29, 0.717) is 12.1 Å². The van der Waals surface area contributed by atoms with E-state index in [-0.39, 0.29) is 0 Å². The molecule has 4 heteroatoms. The van der Waals surface area contributed by atoms with Gasteiger partial charge in [-0.15, -0.1) is 0 Å². The number of guanidine groups is 1. The Labute approximate surface area is 98.0 Å². The third-order valence-corrected chi connectivity index (χ3v) is 3.81. The van der Waals surface area contributed by atoms with E-state index in [2.05, 4.69) is 22.7 Å². The minimum atomic E-state index is 0.484. The number of rotatable bonds is 2. The third-order valence-electron chi connectivity index (χ3n) is 3.81. The van der Waals surface area contributed by atoms with Crippen LogP contribution in [0.1, 0.15) is 51.9 Å². The molecule has 2 fully saturated rings. The molecule has 0 heterocycles. The fraction of sp³-hybridized carbons (Fsp3) is 0.917. The van der Waals surface area contributed by atoms with Gasteiger partial charge < -0.3 is 5.32 Å². The van der Waals surface area contributed by atoms with E-state index < -0.39 is 0 Å². The molecule has 0 aromatic carbocycles. The smallest absolute Gasteiger partial charge is 0.206 e. The van der Waals surface area contributed by atoms with Gasteiger partial charge in [0.2, 0.25) is 5.96 Å². The molecule has 2 aliphatic rings. The van der Waals surface area contributed by atoms with Gasteiger partial charge in [0.1, 0.15) is 0 Å². The number of nitrogens with zero attached hydrogens (tertiary/aromatic N) is 1. The van der Waals surface area contributed by atoms with Crippen LogP contribution < -0.4 is 16.6 Å². The Hall–Kier alpha value is -0.770. The number of aliphatic imine (C=N–C) groups is 1. The standard InChI is InChI=1S/C12H24N4/c1-9-6-7-11(8-9)15-12(16-13)14-10-4-2-3-5-10/h9-11H,2-8,13H2,1H3,(H2,14,15,16). The zero-order chi connectivity index (χ0) is 11.4. The van der Waals surface area contributed by atoms with E-state index in [9.17, 15) is 0 Å². The van der Waals surface area contributed by atoms with Crippen molar-refractivity contribution in [2.24, 2.45) is 16.8 Å². The van der Waals surface area contributed by atoms with Crippen LogP contribution in [0.5, 0.6) is 0 Å². The molecule has 4 N–H and O–H groups in total. The highest BCUT2D eigenvalue weighted by atomic mass is 15.3. The van der Waals surface area contributed by atoms with E-state index in [1.807, 2.05) is 0 Å². The Morgan fingerprint density at radius 3 is 2.50 bits per heavy atom. The van der Waals surface area contributed by atoms with E-state index in [1.165, 1.54) is 44.9 Å². The fourth-order valence-electron chi connectivity index (χ4n) is 2.86. The zero-order valence-corrected chi connectivity index (χ0v) is 10.2. The number of hydrogen-bond donors (Lipinski definition) is 3. The number of hydrogen-bond acceptors (Lipinski definition) is 2. The average Bonchev–Trinajstić information content (AvgIpc) is 2.89. The zero-order valence-electron chi connectivity index (χ0n) is 10.2. The molecule has 2 atom stereocenters. The molecule has 0 saturated heterocycles. The van der Waals surface area contributed by atoms with Crippen LogP contribution in [0.3, 0.4) is 0 Å². The van der Waals surface area contributed by atoms with Gasteiger partial charge in [-0.3, -0.25) is 5.43 Å². The molecule has 2 saturated carbocycles. The Morgan fingerprint density at radius 1 is 1.19 bits per heavy atom. The lowest BCUT2D eigenvalue weighted by Crippen LogP contribution is -2.46. The van der Waals surface area contributed by atoms with Gasteiger partial charge in [0.15, 0.2) is 0 Å². The summed E-state index contributed by atoms with van der Waals surface area (Å²) in [4.78, 5) is 4.65. The summed E-state index contributed by atoms with van der Waals surface area (Å²) in [7, 11) is 0. The van der Waals surface area contributed by atoms with Crippen molar-refractivity contribution in [2.45, 2.75) is 64.0 Å². The van der Waals surface area contributed by atoms with Crippen molar-refractivity contribution >= 4 is 5.96 Å². The van der Waals surface area contributed by atoms with Crippen molar-refractivity contribution < 1.29 is 0 Å². The van der Waals surface area contributed by atoms with Crippen molar-refractivity contribution in [3.05, 3.63) is 0 Å². The molecule has 2 rings (SSSR count). The monoisotopic (exact) mass is 224 g/mol. The predicted octanol–water partition coefficient (Wildman–Crippen LogP) is 1.53. The minimum Gasteiger partial charge on any atom is -0.353 e. The number of nitrogens with two attached hydrogens (primary N) is 1. The summed E-state index contributed by atoms with van der Waals surface area (Å²) in [5, 5.41) is 3.44. The van der Waals surface area contributed by atoms with Crippen LogP contribution in [-0.4, -0.2) is 18.0 Å². The summed E-state index contributed by atoms with van der Waals surface area (Å²) in [6.07, 6.45) is 8.86. The van der Waals surface area contributed by atoms with Gasteiger partial charge in [-0.2, -0.15) is 0 Å². The maximum Gasteiger partial charge on any atom is 0.206 e. The highest BCUT2D eigenvalue weighted by Crippen LogP contribution is 2.25. The molecule has 16 heavy (non-hydrogen) atoms. The molecule has 0 aromatic heterocycles. The van der Waals surface area contributed by atoms with Gasteiger partial charge in [0.25, 0.3) is 0 Å². The Bertz CT molecular complexity index is 245. The third kappa shape index (κ3) is 3.11. The lowest BCUT2D eigenvalue weighted by molar-refractivity contribution is 0.561. The molecule has 0 radical (unpaired) electrons. The first-order valence-corrected chi connectivity index (χ1v) is 6.59. The van der Waals surface area contributed by atoms with E-state index in [4.69, 9.17) is 5.84 Å². The van der Waals surface area contributed by atoms with Gasteiger partial charge >= 0.3 is 0 Å². The summed E-state index contributed by atoms with van der Waals surface area (Å²) < 4.78 is 0. The van der Waals surface area contributed by atoms with Crippen molar-refractivity contribution in [3.63, 3.8) is 0 Å². The molecule has 0 spiro atoms. The van der Waals surface area contributed by atoms with Crippen molar-refractivity contribution in [1.29, 1.82) is 0 Å². The van der Waals surface area contributed by atoms with Crippen LogP contribution in [0.4, 0.5) is 0 Å². The summed E-state index contributed by atoms with van der Waals surface area (Å²) in [5.74, 6) is 7.15. The van der Waals surface area contributed by atoms with Gasteiger partial charge in [-0.1, -0.05) is 19.8 Å². The average molecular weight is 224 g/mol. The van der Waals surface area contributed by atoms with Crippen LogP contribution in [0.15, 0.2) is 4.99 Å². The highest BCUT2D eigenvalue weighted by molar-refractivity contribution is 5.79. The van der Waals surface area contributed by atoms with Crippen molar-refractivity contribution in [2.75, 3.05) is 0 Å². The maximum absolute atomic E-state index is 5.52. The summed E-state index contributed by atoms with van der Waals surface area (Å²) in [5.41, 5.74) is 2.71. The Kier molecular flexibility index (Phi) is 4.04. The van der Waals surface area contributed by atoms with E-state index >= 15 is 0 Å². The highest BCUT2D eigenvalue weighted by Gasteiger charge is 2.22. The minimum absolute atomic E-state index is 0.484. The first kappa shape index (κ1) is 11.7. The van der Waals surface area contributed by atoms with Gasteiger partial charge in [0.05, 0.1) is 6.04 Å². The number of hydrazine groups is 1. The SMILES string of the molecule is CC1CCC(NC(=NC2CCCC2)NN)C1. The maximum atomic E-state index is 5.52. The molecule has 4 nitrogen and oxygen atoms in total. The quantitative estimate of drug-likeness (QED) is 0.288. The molecule has 2 aliphatic carbocycles. The Balaban J connectivity index is 1.84. The van der Waals surface area contributed by atoms with Crippen LogP contribution in [0.25, 0.3) is 0 Å². The molecular weight excluding hydrogens is 200 g/mol. The first-order valence-electron chi connectivity index (χ1n) is 6.59. The van der Waals surface area contributed by atoms with Crippen LogP contribution in [0.2, 0.25) is 0 Å². The van der Waals surface area contributed by atoms with E-state index in [0.717, 1.165) is 11.9 Å².